The Kier molecular flexibility index (Phi) is 11.3. The van der Waals surface area contributed by atoms with Gasteiger partial charge in [-0.25, -0.2) is 31.9 Å². The average molecular weight is 744 g/mol. The molecule has 7 nitrogen and oxygen atoms in total. The number of fused-ring (bicyclic) bond motifs is 1. The molecule has 2 aromatic heterocycles. The number of pyridine rings is 1. The van der Waals surface area contributed by atoms with Crippen LogP contribution in [0.4, 0.5) is 27.6 Å². The molecule has 1 fully saturated rings. The Morgan fingerprint density at radius 1 is 1.02 bits per heavy atom. The zero-order valence-electron chi connectivity index (χ0n) is 30.1. The summed E-state index contributed by atoms with van der Waals surface area (Å²) in [5.41, 5.74) is -1.44. The molecule has 0 amide bonds. The Hall–Kier alpha value is -4.19. The fourth-order valence-corrected chi connectivity index (χ4v) is 7.12. The molecule has 0 spiro atoms. The van der Waals surface area contributed by atoms with Crippen LogP contribution in [-0.4, -0.2) is 38.0 Å². The molecule has 0 bridgehead atoms. The van der Waals surface area contributed by atoms with Gasteiger partial charge in [-0.05, 0) is 93.8 Å². The molecule has 2 aromatic carbocycles. The second kappa shape index (κ2) is 15.0. The van der Waals surface area contributed by atoms with Crippen molar-refractivity contribution in [3.63, 3.8) is 0 Å². The van der Waals surface area contributed by atoms with E-state index < -0.39 is 66.4 Å². The molecule has 2 atom stereocenters. The highest BCUT2D eigenvalue weighted by molar-refractivity contribution is 6.35. The highest BCUT2D eigenvalue weighted by Crippen LogP contribution is 2.46. The zero-order chi connectivity index (χ0) is 38.3. The molecule has 0 aliphatic heterocycles. The number of aromatic nitrogens is 3. The van der Waals surface area contributed by atoms with Crippen molar-refractivity contribution in [1.29, 1.82) is 5.41 Å². The molecule has 4 aromatic rings. The van der Waals surface area contributed by atoms with Crippen molar-refractivity contribution in [1.82, 2.24) is 14.5 Å². The Morgan fingerprint density at radius 3 is 2.23 bits per heavy atom. The number of halogens is 6. The summed E-state index contributed by atoms with van der Waals surface area (Å²) in [6.07, 6.45) is -1.23. The van der Waals surface area contributed by atoms with E-state index in [0.717, 1.165) is 6.07 Å². The summed E-state index contributed by atoms with van der Waals surface area (Å²) in [7, 11) is 0. The molecule has 1 saturated carbocycles. The number of hydrogen-bond donors (Lipinski definition) is 2. The fourth-order valence-electron chi connectivity index (χ4n) is 6.85. The van der Waals surface area contributed by atoms with Gasteiger partial charge in [0.25, 0.3) is 5.56 Å². The first-order valence-corrected chi connectivity index (χ1v) is 17.9. The molecule has 2 N–H and O–H groups in total. The van der Waals surface area contributed by atoms with Gasteiger partial charge < -0.3 is 10.7 Å². The standard InChI is InChI=1S/C39H43ClF5N5O2/c1-7-8-29(46)33-28(40)9-10-30(34(33)47-22(5)23(6)51)50-36(27(20(2)3)18-24-16-25(41)19-26(42)17-24)49-35-32(37(50)52)21(4)15-31(48-35)38(43)11-13-39(44,45)14-12-38/h9-10,15-17,19-20,22,27,46-47H,7-8,11-14,18H2,1-6H3/t22-,27?/m1/s1. The van der Waals surface area contributed by atoms with Gasteiger partial charge in [-0.1, -0.05) is 38.8 Å². The van der Waals surface area contributed by atoms with E-state index in [0.29, 0.717) is 29.5 Å². The first-order chi connectivity index (χ1) is 24.4. The van der Waals surface area contributed by atoms with Crippen LogP contribution in [0.25, 0.3) is 16.7 Å². The molecule has 1 aliphatic carbocycles. The topological polar surface area (TPSA) is 101 Å². The number of carbonyl (C=O) groups is 1. The maximum Gasteiger partial charge on any atom is 0.267 e. The van der Waals surface area contributed by atoms with Crippen LogP contribution >= 0.6 is 11.6 Å². The monoisotopic (exact) mass is 743 g/mol. The molecule has 2 heterocycles. The number of Topliss-reactive ketones (excluding diaryl/α,β-unsaturated/α-hetero) is 1. The molecule has 0 radical (unpaired) electrons. The van der Waals surface area contributed by atoms with Crippen molar-refractivity contribution < 1.29 is 26.7 Å². The smallest absolute Gasteiger partial charge is 0.267 e. The van der Waals surface area contributed by atoms with Crippen LogP contribution in [0.5, 0.6) is 0 Å². The van der Waals surface area contributed by atoms with Crippen LogP contribution in [0.2, 0.25) is 5.02 Å². The third-order valence-electron chi connectivity index (χ3n) is 9.96. The summed E-state index contributed by atoms with van der Waals surface area (Å²) in [6.45, 7) is 10.3. The van der Waals surface area contributed by atoms with Gasteiger partial charge in [0.2, 0.25) is 5.92 Å². The van der Waals surface area contributed by atoms with Crippen LogP contribution in [0.3, 0.4) is 0 Å². The normalized spacial score (nSPS) is 16.6. The molecule has 1 unspecified atom stereocenters. The van der Waals surface area contributed by atoms with Crippen molar-refractivity contribution >= 4 is 39.8 Å². The van der Waals surface area contributed by atoms with Gasteiger partial charge >= 0.3 is 0 Å². The van der Waals surface area contributed by atoms with Crippen LogP contribution in [0.15, 0.2) is 41.2 Å². The van der Waals surface area contributed by atoms with E-state index in [-0.39, 0.29) is 62.8 Å². The quantitative estimate of drug-likeness (QED) is 0.111. The molecule has 5 rings (SSSR count). The maximum absolute atomic E-state index is 16.4. The number of aryl methyl sites for hydroxylation is 1. The van der Waals surface area contributed by atoms with Crippen LogP contribution < -0.4 is 10.9 Å². The SMILES string of the molecule is CCCC(=N)c1c(Cl)ccc(-n2c(C(Cc3cc(F)cc(F)c3)C(C)C)nc3nc(C4(F)CCC(F)(F)CC4)cc(C)c3c2=O)c1N[C@H](C)C(C)=O. The minimum atomic E-state index is -2.99. The summed E-state index contributed by atoms with van der Waals surface area (Å²) in [5, 5.41) is 12.4. The average Bonchev–Trinajstić information content (AvgIpc) is 3.04. The Bertz CT molecular complexity index is 2070. The number of ketones is 1. The lowest BCUT2D eigenvalue weighted by molar-refractivity contribution is -0.117. The Morgan fingerprint density at radius 2 is 1.65 bits per heavy atom. The Balaban J connectivity index is 1.87. The molecular weight excluding hydrogens is 701 g/mol. The molecule has 0 saturated heterocycles. The van der Waals surface area contributed by atoms with E-state index in [1.807, 2.05) is 20.8 Å². The maximum atomic E-state index is 16.4. The van der Waals surface area contributed by atoms with Crippen LogP contribution in [0, 0.1) is 29.9 Å². The van der Waals surface area contributed by atoms with Gasteiger partial charge in [0.05, 0.1) is 33.5 Å². The fraction of sp³-hybridized carbons (Fsp3) is 0.462. The number of carbonyl (C=O) groups excluding carboxylic acids is 1. The third kappa shape index (κ3) is 7.91. The number of nitrogens with one attached hydrogen (secondary N) is 2. The number of benzene rings is 2. The van der Waals surface area contributed by atoms with Crippen LogP contribution in [-0.2, 0) is 16.9 Å². The Labute approximate surface area is 304 Å². The second-order valence-electron chi connectivity index (χ2n) is 14.3. The van der Waals surface area contributed by atoms with Gasteiger partial charge in [0, 0.05) is 36.1 Å². The zero-order valence-corrected chi connectivity index (χ0v) is 30.8. The molecule has 13 heteroatoms. The lowest BCUT2D eigenvalue weighted by atomic mass is 9.81. The molecule has 278 valence electrons. The highest BCUT2D eigenvalue weighted by Gasteiger charge is 2.46. The summed E-state index contributed by atoms with van der Waals surface area (Å²) in [5.74, 6) is -5.63. The second-order valence-corrected chi connectivity index (χ2v) is 14.7. The van der Waals surface area contributed by atoms with Gasteiger partial charge in [-0.3, -0.25) is 14.2 Å². The van der Waals surface area contributed by atoms with Crippen molar-refractivity contribution in [2.75, 3.05) is 5.32 Å². The van der Waals surface area contributed by atoms with Crippen LogP contribution in [0.1, 0.15) is 107 Å². The summed E-state index contributed by atoms with van der Waals surface area (Å²) in [6, 6.07) is 6.92. The van der Waals surface area contributed by atoms with Gasteiger partial charge in [-0.2, -0.15) is 0 Å². The minimum Gasteiger partial charge on any atom is -0.373 e. The molecular formula is C39H43ClF5N5O2. The number of hydrogen-bond acceptors (Lipinski definition) is 6. The van der Waals surface area contributed by atoms with E-state index in [4.69, 9.17) is 22.0 Å². The lowest BCUT2D eigenvalue weighted by Gasteiger charge is -2.33. The number of rotatable bonds is 12. The van der Waals surface area contributed by atoms with E-state index in [2.05, 4.69) is 10.3 Å². The third-order valence-corrected chi connectivity index (χ3v) is 10.3. The largest absolute Gasteiger partial charge is 0.373 e. The van der Waals surface area contributed by atoms with Gasteiger partial charge in [0.1, 0.15) is 17.5 Å². The highest BCUT2D eigenvalue weighted by atomic mass is 35.5. The van der Waals surface area contributed by atoms with E-state index >= 15 is 4.39 Å². The summed E-state index contributed by atoms with van der Waals surface area (Å²) < 4.78 is 74.7. The van der Waals surface area contributed by atoms with Gasteiger partial charge in [-0.15, -0.1) is 0 Å². The van der Waals surface area contributed by atoms with Crippen molar-refractivity contribution in [2.24, 2.45) is 5.92 Å². The van der Waals surface area contributed by atoms with E-state index in [9.17, 15) is 27.2 Å². The van der Waals surface area contributed by atoms with Gasteiger partial charge in [0.15, 0.2) is 17.1 Å². The number of nitrogens with zero attached hydrogens (tertiary/aromatic N) is 3. The predicted molar refractivity (Wildman–Crippen MR) is 194 cm³/mol. The predicted octanol–water partition coefficient (Wildman–Crippen LogP) is 9.93. The van der Waals surface area contributed by atoms with E-state index in [1.54, 1.807) is 26.0 Å². The van der Waals surface area contributed by atoms with Crippen molar-refractivity contribution in [3.8, 4) is 5.69 Å². The molecule has 52 heavy (non-hydrogen) atoms. The molecule has 1 aliphatic rings. The number of anilines is 1. The summed E-state index contributed by atoms with van der Waals surface area (Å²) in [4.78, 5) is 36.9. The van der Waals surface area contributed by atoms with Crippen molar-refractivity contribution in [3.05, 3.63) is 91.6 Å². The lowest BCUT2D eigenvalue weighted by Crippen LogP contribution is -2.35. The number of alkyl halides is 3. The van der Waals surface area contributed by atoms with Crippen molar-refractivity contribution in [2.45, 2.75) is 110 Å². The van der Waals surface area contributed by atoms with E-state index in [1.165, 1.54) is 29.7 Å². The summed E-state index contributed by atoms with van der Waals surface area (Å²) >= 11 is 6.72. The first kappa shape index (κ1) is 39.0. The minimum absolute atomic E-state index is 0.0316. The first-order valence-electron chi connectivity index (χ1n) is 17.5.